The minimum Gasteiger partial charge on any atom is -0.376 e. The molecule has 3 aromatic rings. The Balaban J connectivity index is 1.35. The predicted molar refractivity (Wildman–Crippen MR) is 137 cm³/mol. The van der Waals surface area contributed by atoms with Crippen LogP contribution in [0.15, 0.2) is 52.9 Å². The number of nitrogens with zero attached hydrogens (tertiary/aromatic N) is 2. The number of carbonyl (C=O) groups excluding carboxylic acids is 2. The van der Waals surface area contributed by atoms with Crippen LogP contribution < -0.4 is 5.32 Å². The summed E-state index contributed by atoms with van der Waals surface area (Å²) in [6.07, 6.45) is 5.86. The van der Waals surface area contributed by atoms with E-state index in [1.807, 2.05) is 58.6 Å². The van der Waals surface area contributed by atoms with Crippen molar-refractivity contribution in [2.75, 3.05) is 13.2 Å². The molecule has 0 aliphatic carbocycles. The Morgan fingerprint density at radius 2 is 2.15 bits per heavy atom. The van der Waals surface area contributed by atoms with E-state index >= 15 is 0 Å². The van der Waals surface area contributed by atoms with Crippen molar-refractivity contribution in [3.63, 3.8) is 0 Å². The van der Waals surface area contributed by atoms with Crippen molar-refractivity contribution in [1.82, 2.24) is 14.8 Å². The lowest BCUT2D eigenvalue weighted by Gasteiger charge is -2.18. The lowest BCUT2D eigenvalue weighted by molar-refractivity contribution is -0.123. The van der Waals surface area contributed by atoms with E-state index in [-0.39, 0.29) is 24.5 Å². The number of benzene rings is 1. The number of rotatable bonds is 7. The molecule has 170 valence electrons. The van der Waals surface area contributed by atoms with Crippen LogP contribution >= 0.6 is 35.3 Å². The maximum absolute atomic E-state index is 13.1. The number of amides is 2. The van der Waals surface area contributed by atoms with E-state index in [1.165, 1.54) is 11.8 Å². The molecule has 2 saturated heterocycles. The van der Waals surface area contributed by atoms with Gasteiger partial charge in [-0.05, 0) is 36.4 Å². The van der Waals surface area contributed by atoms with Crippen LogP contribution in [0.1, 0.15) is 23.3 Å². The van der Waals surface area contributed by atoms with Crippen molar-refractivity contribution in [2.24, 2.45) is 0 Å². The van der Waals surface area contributed by atoms with Crippen molar-refractivity contribution in [1.29, 1.82) is 0 Å². The summed E-state index contributed by atoms with van der Waals surface area (Å²) in [5, 5.41) is 5.97. The molecule has 0 bridgehead atoms. The van der Waals surface area contributed by atoms with E-state index in [0.717, 1.165) is 40.8 Å². The number of ether oxygens (including phenoxy) is 1. The molecule has 0 saturated carbocycles. The zero-order valence-corrected chi connectivity index (χ0v) is 20.3. The fourth-order valence-electron chi connectivity index (χ4n) is 4.12. The molecule has 2 aliphatic rings. The highest BCUT2D eigenvalue weighted by atomic mass is 32.2. The SMILES string of the molecule is O=C(Cn1cc(/C=C2\SC(=S)N(C[C@H]3CCCO3)C2=O)c2ccccc21)NCc1cccs1. The summed E-state index contributed by atoms with van der Waals surface area (Å²) in [6.45, 7) is 1.99. The van der Waals surface area contributed by atoms with Crippen molar-refractivity contribution < 1.29 is 14.3 Å². The molecular formula is C24H23N3O3S3. The highest BCUT2D eigenvalue weighted by Crippen LogP contribution is 2.35. The first kappa shape index (κ1) is 22.3. The molecule has 2 aromatic heterocycles. The highest BCUT2D eigenvalue weighted by Gasteiger charge is 2.34. The van der Waals surface area contributed by atoms with E-state index in [2.05, 4.69) is 5.32 Å². The van der Waals surface area contributed by atoms with Crippen LogP contribution in [-0.4, -0.2) is 44.9 Å². The normalized spacial score (nSPS) is 19.8. The minimum absolute atomic E-state index is 0.0569. The third kappa shape index (κ3) is 4.91. The molecule has 5 rings (SSSR count). The number of para-hydroxylation sites is 1. The number of thioether (sulfide) groups is 1. The maximum Gasteiger partial charge on any atom is 0.266 e. The van der Waals surface area contributed by atoms with Crippen molar-refractivity contribution in [2.45, 2.75) is 32.0 Å². The molecule has 9 heteroatoms. The Labute approximate surface area is 205 Å². The molecule has 1 N–H and O–H groups in total. The van der Waals surface area contributed by atoms with Crippen molar-refractivity contribution in [3.05, 3.63) is 63.3 Å². The maximum atomic E-state index is 13.1. The Hall–Kier alpha value is -2.46. The summed E-state index contributed by atoms with van der Waals surface area (Å²) in [7, 11) is 0. The van der Waals surface area contributed by atoms with Gasteiger partial charge in [-0.3, -0.25) is 14.5 Å². The number of nitrogens with one attached hydrogen (secondary N) is 1. The van der Waals surface area contributed by atoms with Gasteiger partial charge in [0.1, 0.15) is 10.9 Å². The van der Waals surface area contributed by atoms with Crippen LogP contribution in [0.2, 0.25) is 0 Å². The monoisotopic (exact) mass is 497 g/mol. The summed E-state index contributed by atoms with van der Waals surface area (Å²) in [6, 6.07) is 11.9. The minimum atomic E-state index is -0.0778. The third-order valence-electron chi connectivity index (χ3n) is 5.74. The zero-order valence-electron chi connectivity index (χ0n) is 17.9. The topological polar surface area (TPSA) is 63.6 Å². The average Bonchev–Trinajstić information content (AvgIpc) is 3.61. The molecule has 2 aliphatic heterocycles. The molecule has 2 fully saturated rings. The van der Waals surface area contributed by atoms with Crippen LogP contribution in [0.5, 0.6) is 0 Å². The van der Waals surface area contributed by atoms with E-state index in [1.54, 1.807) is 16.2 Å². The van der Waals surface area contributed by atoms with Crippen LogP contribution in [-0.2, 0) is 27.4 Å². The largest absolute Gasteiger partial charge is 0.376 e. The van der Waals surface area contributed by atoms with Gasteiger partial charge in [0, 0.05) is 34.1 Å². The number of thiophene rings is 1. The second-order valence-electron chi connectivity index (χ2n) is 8.01. The summed E-state index contributed by atoms with van der Waals surface area (Å²) < 4.78 is 8.18. The Morgan fingerprint density at radius 1 is 1.27 bits per heavy atom. The number of fused-ring (bicyclic) bond motifs is 1. The van der Waals surface area contributed by atoms with Gasteiger partial charge in [0.05, 0.1) is 24.1 Å². The smallest absolute Gasteiger partial charge is 0.266 e. The number of hydrogen-bond donors (Lipinski definition) is 1. The molecule has 6 nitrogen and oxygen atoms in total. The van der Waals surface area contributed by atoms with Crippen LogP contribution in [0.3, 0.4) is 0 Å². The molecular weight excluding hydrogens is 474 g/mol. The van der Waals surface area contributed by atoms with Crippen LogP contribution in [0.25, 0.3) is 17.0 Å². The first-order chi connectivity index (χ1) is 16.1. The third-order valence-corrected chi connectivity index (χ3v) is 8.00. The van der Waals surface area contributed by atoms with E-state index < -0.39 is 0 Å². The molecule has 0 unspecified atom stereocenters. The summed E-state index contributed by atoms with van der Waals surface area (Å²) in [4.78, 5) is 29.0. The fraction of sp³-hybridized carbons (Fsp3) is 0.292. The first-order valence-electron chi connectivity index (χ1n) is 10.8. The van der Waals surface area contributed by atoms with Gasteiger partial charge < -0.3 is 14.6 Å². The Bertz CT molecular complexity index is 1230. The zero-order chi connectivity index (χ0) is 22.8. The van der Waals surface area contributed by atoms with Gasteiger partial charge in [-0.2, -0.15) is 0 Å². The van der Waals surface area contributed by atoms with Crippen LogP contribution in [0.4, 0.5) is 0 Å². The number of thiocarbonyl (C=S) groups is 1. The molecule has 0 radical (unpaired) electrons. The van der Waals surface area contributed by atoms with Crippen molar-refractivity contribution >= 4 is 68.4 Å². The second kappa shape index (κ2) is 9.80. The number of aromatic nitrogens is 1. The summed E-state index contributed by atoms with van der Waals surface area (Å²) in [5.74, 6) is -0.135. The molecule has 1 aromatic carbocycles. The van der Waals surface area contributed by atoms with Gasteiger partial charge in [-0.1, -0.05) is 48.2 Å². The molecule has 0 spiro atoms. The number of hydrogen-bond acceptors (Lipinski definition) is 6. The first-order valence-corrected chi connectivity index (χ1v) is 12.9. The van der Waals surface area contributed by atoms with Gasteiger partial charge in [-0.15, -0.1) is 11.3 Å². The van der Waals surface area contributed by atoms with E-state index in [0.29, 0.717) is 22.3 Å². The standard InChI is InChI=1S/C24H23N3O3S3/c28-22(25-12-18-6-4-10-32-18)15-26-13-16(19-7-1-2-8-20(19)26)11-21-23(29)27(24(31)33-21)14-17-5-3-9-30-17/h1-2,4,6-8,10-11,13,17H,3,5,9,12,14-15H2,(H,25,28)/b21-11-/t17-/m1/s1. The van der Waals surface area contributed by atoms with Gasteiger partial charge >= 0.3 is 0 Å². The summed E-state index contributed by atoms with van der Waals surface area (Å²) in [5.41, 5.74) is 1.85. The van der Waals surface area contributed by atoms with Crippen LogP contribution in [0, 0.1) is 0 Å². The lowest BCUT2D eigenvalue weighted by Crippen LogP contribution is -2.35. The number of carbonyl (C=O) groups is 2. The highest BCUT2D eigenvalue weighted by molar-refractivity contribution is 8.26. The van der Waals surface area contributed by atoms with E-state index in [4.69, 9.17) is 17.0 Å². The molecule has 4 heterocycles. The Kier molecular flexibility index (Phi) is 6.64. The quantitative estimate of drug-likeness (QED) is 0.387. The van der Waals surface area contributed by atoms with E-state index in [9.17, 15) is 9.59 Å². The van der Waals surface area contributed by atoms with Gasteiger partial charge in [-0.25, -0.2) is 0 Å². The molecule has 1 atom stereocenters. The average molecular weight is 498 g/mol. The second-order valence-corrected chi connectivity index (χ2v) is 10.7. The van der Waals surface area contributed by atoms with Gasteiger partial charge in [0.2, 0.25) is 5.91 Å². The predicted octanol–water partition coefficient (Wildman–Crippen LogP) is 4.40. The van der Waals surface area contributed by atoms with Gasteiger partial charge in [0.15, 0.2) is 0 Å². The lowest BCUT2D eigenvalue weighted by atomic mass is 10.1. The molecule has 33 heavy (non-hydrogen) atoms. The fourth-order valence-corrected chi connectivity index (χ4v) is 6.03. The van der Waals surface area contributed by atoms with Gasteiger partial charge in [0.25, 0.3) is 5.91 Å². The Morgan fingerprint density at radius 3 is 2.94 bits per heavy atom. The summed E-state index contributed by atoms with van der Waals surface area (Å²) >= 11 is 8.43. The molecule has 2 amide bonds. The van der Waals surface area contributed by atoms with Crippen molar-refractivity contribution in [3.8, 4) is 0 Å².